The molecule has 1 N–H and O–H groups in total. The van der Waals surface area contributed by atoms with Gasteiger partial charge >= 0.3 is 6.18 Å². The number of halogens is 4. The summed E-state index contributed by atoms with van der Waals surface area (Å²) in [6.45, 7) is 9.35. The van der Waals surface area contributed by atoms with Gasteiger partial charge in [-0.3, -0.25) is 10.3 Å². The maximum absolute atomic E-state index is 14.1. The van der Waals surface area contributed by atoms with Gasteiger partial charge in [-0.25, -0.2) is 9.24 Å². The average molecular weight is 1410 g/mol. The Morgan fingerprint density at radius 2 is 0.568 bits per heavy atom. The average Bonchev–Trinajstić information content (AvgIpc) is 1.58. The van der Waals surface area contributed by atoms with Crippen LogP contribution in [0.15, 0.2) is 42.5 Å². The Balaban J connectivity index is 0.00000118. The fraction of sp³-hybridized carbons (Fsp3) is 0.0495. The molecule has 10 heteroatoms. The predicted molar refractivity (Wildman–Crippen MR) is 426 cm³/mol. The van der Waals surface area contributed by atoms with Crippen molar-refractivity contribution in [2.75, 3.05) is 16.5 Å². The van der Waals surface area contributed by atoms with Crippen LogP contribution >= 0.6 is 12.2 Å². The quantitative estimate of drug-likeness (QED) is 0.174. The zero-order valence-corrected chi connectivity index (χ0v) is 57.4. The smallest absolute Gasteiger partial charge is 0.302 e. The molecule has 0 aromatic heterocycles. The predicted octanol–water partition coefficient (Wildman–Crippen LogP) is 6.16. The van der Waals surface area contributed by atoms with E-state index in [4.69, 9.17) is 35.9 Å². The monoisotopic (exact) mass is 1410 g/mol. The van der Waals surface area contributed by atoms with Gasteiger partial charge in [0.15, 0.2) is 16.9 Å². The van der Waals surface area contributed by atoms with E-state index in [2.05, 4.69) is 473 Å². The first kappa shape index (κ1) is 86.0. The number of thiocarbonyl (C=S) groups is 1. The van der Waals surface area contributed by atoms with Gasteiger partial charge in [-0.05, 0) is 97.7 Å². The lowest BCUT2D eigenvalue weighted by Gasteiger charge is -2.31. The molecule has 1 fully saturated rings. The number of nitriles is 1. The van der Waals surface area contributed by atoms with Gasteiger partial charge in [0.1, 0.15) is 18.0 Å². The summed E-state index contributed by atoms with van der Waals surface area (Å²) in [4.78, 5) is 5.45. The fourth-order valence-corrected chi connectivity index (χ4v) is 6.14. The van der Waals surface area contributed by atoms with Gasteiger partial charge in [0.05, 0.1) is 12.1 Å². The number of nitrogens with one attached hydrogen (secondary N) is 1. The number of hydrogen-bond donors (Lipinski definition) is 1. The normalized spacial score (nSPS) is 8.03. The Morgan fingerprint density at radius 3 is 0.748 bits per heavy atom. The molecular formula is C101H17F4N5S. The van der Waals surface area contributed by atoms with Gasteiger partial charge in [-0.1, -0.05) is 23.8 Å². The SMILES string of the molecule is C#CC#CC#CC#CC#CC#CC#CC#CC#CC#CC#CC#CC#CC#CC#CC#CC#CC#CC#CC#CC#CC#CC#CC#CC#CC#CC#CC#CC#CC#CC#CC#CC#CC#CC#CC#CC#CC#CC#CC#CC#N.[C-]#[N+]c1ccc(N2C(=N)C(C)(CF)N(c3ccc(C)cc3)C2=S)cc1C(F)(F)F. The highest BCUT2D eigenvalue weighted by Gasteiger charge is 2.51. The number of nitrogens with zero attached hydrogens (tertiary/aromatic N) is 4. The summed E-state index contributed by atoms with van der Waals surface area (Å²) in [7, 11) is 0. The van der Waals surface area contributed by atoms with Crippen molar-refractivity contribution < 1.29 is 17.6 Å². The molecule has 0 bridgehead atoms. The fourth-order valence-electron chi connectivity index (χ4n) is 5.63. The Kier molecular flexibility index (Phi) is 46.6. The van der Waals surface area contributed by atoms with Crippen LogP contribution in [0.25, 0.3) is 4.85 Å². The molecule has 1 aliphatic heterocycles. The molecule has 3 rings (SSSR count). The number of benzene rings is 2. The standard InChI is InChI=1S/C81HN.C20H16F4N4S/c1-2-3-4-5-6-7-8-9-10-11-12-13-14-15-16-17-18-19-20-21-22-23-24-25-26-27-28-29-30-31-32-33-34-35-36-37-38-39-40-41-42-43-44-45-46-47-48-49-50-51-52-53-54-55-56-57-58-59-60-61-62-63-64-65-66-67-68-69-70-71-72-73-74-75-76-77-78-79-80-81-82;1-12-4-6-13(7-5-12)28-18(29)27(17(25)19(28,2)11-21)14-8-9-16(26-3)15(10-14)20(22,23)24/h1H;4-10,25H,11H2,1-2H3. The zero-order chi connectivity index (χ0) is 80.1. The van der Waals surface area contributed by atoms with E-state index < -0.39 is 29.6 Å². The Hall–Kier alpha value is -21.1. The van der Waals surface area contributed by atoms with E-state index in [1.165, 1.54) is 17.9 Å². The Bertz CT molecular complexity index is 6910. The number of aryl methyl sites for hydroxylation is 1. The van der Waals surface area contributed by atoms with Crippen LogP contribution in [-0.2, 0) is 6.18 Å². The molecule has 480 valence electrons. The molecule has 0 aliphatic carbocycles. The molecule has 0 spiro atoms. The number of amidine groups is 1. The number of rotatable bonds is 3. The maximum Gasteiger partial charge on any atom is 0.407 e. The lowest BCUT2D eigenvalue weighted by molar-refractivity contribution is -0.136. The molecule has 2 aromatic carbocycles. The van der Waals surface area contributed by atoms with Gasteiger partial charge in [-0.2, -0.15) is 18.4 Å². The summed E-state index contributed by atoms with van der Waals surface area (Å²) in [5.74, 6) is 195. The van der Waals surface area contributed by atoms with Crippen molar-refractivity contribution in [3.63, 3.8) is 0 Å². The summed E-state index contributed by atoms with van der Waals surface area (Å²) in [5, 5.41) is 16.7. The second-order valence-corrected chi connectivity index (χ2v) is 17.2. The minimum absolute atomic E-state index is 0.0114. The molecule has 5 nitrogen and oxygen atoms in total. The summed E-state index contributed by atoms with van der Waals surface area (Å²) in [6, 6.07) is 11.7. The van der Waals surface area contributed by atoms with E-state index in [-0.39, 0.29) is 16.6 Å². The lowest BCUT2D eigenvalue weighted by atomic mass is 10.0. The van der Waals surface area contributed by atoms with Crippen molar-refractivity contribution in [3.8, 4) is 480 Å². The van der Waals surface area contributed by atoms with Crippen molar-refractivity contribution in [3.05, 3.63) is 65.0 Å². The first-order valence-corrected chi connectivity index (χ1v) is 29.2. The van der Waals surface area contributed by atoms with Crippen LogP contribution in [-0.4, -0.2) is 23.2 Å². The van der Waals surface area contributed by atoms with Gasteiger partial charge in [0.25, 0.3) is 0 Å². The summed E-state index contributed by atoms with van der Waals surface area (Å²) in [5.41, 5.74) is -1.71. The first-order valence-electron chi connectivity index (χ1n) is 28.8. The molecular weight excluding hydrogens is 1390 g/mol. The highest BCUT2D eigenvalue weighted by molar-refractivity contribution is 7.81. The third-order valence-electron chi connectivity index (χ3n) is 9.77. The van der Waals surface area contributed by atoms with Gasteiger partial charge < -0.3 is 4.90 Å². The summed E-state index contributed by atoms with van der Waals surface area (Å²) in [6.07, 6.45) is 0.198. The molecule has 1 unspecified atom stereocenters. The van der Waals surface area contributed by atoms with Crippen molar-refractivity contribution in [2.45, 2.75) is 25.6 Å². The maximum atomic E-state index is 14.1. The van der Waals surface area contributed by atoms with Crippen LogP contribution < -0.4 is 9.80 Å². The van der Waals surface area contributed by atoms with Crippen molar-refractivity contribution in [1.82, 2.24) is 0 Å². The largest absolute Gasteiger partial charge is 0.407 e. The minimum atomic E-state index is -4.75. The van der Waals surface area contributed by atoms with Crippen molar-refractivity contribution >= 4 is 40.2 Å². The number of terminal acetylenes is 1. The molecule has 1 aliphatic rings. The van der Waals surface area contributed by atoms with E-state index in [1.807, 2.05) is 6.92 Å². The van der Waals surface area contributed by atoms with Crippen LogP contribution in [0.1, 0.15) is 18.1 Å². The lowest BCUT2D eigenvalue weighted by Crippen LogP contribution is -2.49. The molecule has 0 radical (unpaired) electrons. The number of hydrogen-bond acceptors (Lipinski definition) is 3. The van der Waals surface area contributed by atoms with Gasteiger partial charge in [-0.15, -0.1) is 6.42 Å². The van der Waals surface area contributed by atoms with E-state index in [0.29, 0.717) is 5.69 Å². The third-order valence-corrected chi connectivity index (χ3v) is 10.1. The highest BCUT2D eigenvalue weighted by Crippen LogP contribution is 2.42. The topological polar surface area (TPSA) is 58.5 Å². The second kappa shape index (κ2) is 60.1. The molecule has 1 saturated heterocycles. The van der Waals surface area contributed by atoms with Gasteiger partial charge in [0.2, 0.25) is 0 Å². The molecule has 0 saturated carbocycles. The zero-order valence-electron chi connectivity index (χ0n) is 56.5. The van der Waals surface area contributed by atoms with Crippen LogP contribution in [0.2, 0.25) is 0 Å². The number of alkyl halides is 4. The Morgan fingerprint density at radius 1 is 0.369 bits per heavy atom. The third kappa shape index (κ3) is 43.7. The van der Waals surface area contributed by atoms with E-state index >= 15 is 0 Å². The van der Waals surface area contributed by atoms with Crippen LogP contribution in [0.4, 0.5) is 34.6 Å². The van der Waals surface area contributed by atoms with Crippen LogP contribution in [0.5, 0.6) is 0 Å². The van der Waals surface area contributed by atoms with E-state index in [0.717, 1.165) is 22.6 Å². The van der Waals surface area contributed by atoms with Gasteiger partial charge in [0, 0.05) is 432 Å². The van der Waals surface area contributed by atoms with Crippen molar-refractivity contribution in [1.29, 1.82) is 10.7 Å². The summed E-state index contributed by atoms with van der Waals surface area (Å²) >= 11 is 5.45. The minimum Gasteiger partial charge on any atom is -0.302 e. The van der Waals surface area contributed by atoms with Crippen molar-refractivity contribution in [2.24, 2.45) is 0 Å². The highest BCUT2D eigenvalue weighted by atomic mass is 32.1. The second-order valence-electron chi connectivity index (χ2n) is 16.9. The molecule has 1 heterocycles. The summed E-state index contributed by atoms with van der Waals surface area (Å²) < 4.78 is 54.2. The Labute approximate surface area is 651 Å². The van der Waals surface area contributed by atoms with Crippen LogP contribution in [0.3, 0.4) is 0 Å². The van der Waals surface area contributed by atoms with E-state index in [1.54, 1.807) is 30.3 Å². The van der Waals surface area contributed by atoms with Crippen LogP contribution in [0, 0.1) is 504 Å². The molecule has 111 heavy (non-hydrogen) atoms. The molecule has 0 amide bonds. The molecule has 1 atom stereocenters. The van der Waals surface area contributed by atoms with E-state index in [9.17, 15) is 17.6 Å². The number of anilines is 2. The first-order chi connectivity index (χ1) is 54.5. The molecule has 2 aromatic rings.